The van der Waals surface area contributed by atoms with E-state index in [9.17, 15) is 5.11 Å². The second-order valence-corrected chi connectivity index (χ2v) is 7.94. The predicted octanol–water partition coefficient (Wildman–Crippen LogP) is 1.81. The first kappa shape index (κ1) is 15.9. The standard InChI is InChI=1S/C15H27N3OS/c1-4-5-6-13(19)11-17-7-9-18(10-8-17)14-16-12-15(2,3)20-14/h4,13,19H,1,5-12H2,2-3H3. The summed E-state index contributed by atoms with van der Waals surface area (Å²) in [6.45, 7) is 14.0. The van der Waals surface area contributed by atoms with Gasteiger partial charge in [-0.25, -0.2) is 0 Å². The molecule has 0 bridgehead atoms. The highest BCUT2D eigenvalue weighted by atomic mass is 32.2. The Morgan fingerprint density at radius 1 is 1.40 bits per heavy atom. The van der Waals surface area contributed by atoms with Crippen LogP contribution in [0.1, 0.15) is 26.7 Å². The quantitative estimate of drug-likeness (QED) is 0.786. The second kappa shape index (κ2) is 6.96. The van der Waals surface area contributed by atoms with Gasteiger partial charge in [0.25, 0.3) is 0 Å². The van der Waals surface area contributed by atoms with E-state index in [2.05, 4.69) is 35.2 Å². The van der Waals surface area contributed by atoms with E-state index in [4.69, 9.17) is 0 Å². The topological polar surface area (TPSA) is 39.1 Å². The van der Waals surface area contributed by atoms with Gasteiger partial charge in [0.05, 0.1) is 12.6 Å². The summed E-state index contributed by atoms with van der Waals surface area (Å²) in [4.78, 5) is 9.42. The van der Waals surface area contributed by atoms with Crippen molar-refractivity contribution in [1.82, 2.24) is 9.80 Å². The lowest BCUT2D eigenvalue weighted by molar-refractivity contribution is 0.0856. The van der Waals surface area contributed by atoms with Crippen LogP contribution in [0.3, 0.4) is 0 Å². The normalized spacial score (nSPS) is 24.6. The number of β-amino-alcohol motifs (C(OH)–C–C–N with tert-alkyl or cyclic N) is 1. The average Bonchev–Trinajstić information content (AvgIpc) is 2.77. The summed E-state index contributed by atoms with van der Waals surface area (Å²) >= 11 is 1.90. The molecule has 0 radical (unpaired) electrons. The van der Waals surface area contributed by atoms with Crippen LogP contribution in [-0.4, -0.2) is 70.2 Å². The first-order valence-electron chi connectivity index (χ1n) is 7.50. The third-order valence-corrected chi connectivity index (χ3v) is 5.03. The van der Waals surface area contributed by atoms with Gasteiger partial charge in [-0.05, 0) is 26.7 Å². The van der Waals surface area contributed by atoms with Crippen molar-refractivity contribution in [3.63, 3.8) is 0 Å². The number of piperazine rings is 1. The SMILES string of the molecule is C=CCCC(O)CN1CCN(C2=NCC(C)(C)S2)CC1. The van der Waals surface area contributed by atoms with E-state index in [1.165, 1.54) is 5.17 Å². The van der Waals surface area contributed by atoms with Crippen molar-refractivity contribution in [3.8, 4) is 0 Å². The van der Waals surface area contributed by atoms with Gasteiger partial charge in [-0.1, -0.05) is 17.8 Å². The minimum absolute atomic E-state index is 0.225. The zero-order chi connectivity index (χ0) is 14.6. The molecule has 0 aromatic heterocycles. The molecule has 2 aliphatic rings. The Hall–Kier alpha value is -0.520. The fourth-order valence-corrected chi connectivity index (χ4v) is 3.62. The third-order valence-electron chi connectivity index (χ3n) is 3.78. The number of aliphatic hydroxyl groups is 1. The summed E-state index contributed by atoms with van der Waals surface area (Å²) in [6.07, 6.45) is 3.36. The molecule has 0 aromatic carbocycles. The predicted molar refractivity (Wildman–Crippen MR) is 87.4 cm³/mol. The molecule has 1 fully saturated rings. The number of hydrogen-bond acceptors (Lipinski definition) is 5. The van der Waals surface area contributed by atoms with E-state index in [1.807, 2.05) is 17.8 Å². The number of nitrogens with zero attached hydrogens (tertiary/aromatic N) is 3. The zero-order valence-corrected chi connectivity index (χ0v) is 13.5. The first-order valence-corrected chi connectivity index (χ1v) is 8.31. The molecule has 4 nitrogen and oxygen atoms in total. The van der Waals surface area contributed by atoms with E-state index in [1.54, 1.807) is 0 Å². The molecule has 20 heavy (non-hydrogen) atoms. The Kier molecular flexibility index (Phi) is 5.52. The molecule has 5 heteroatoms. The van der Waals surface area contributed by atoms with Crippen LogP contribution < -0.4 is 0 Å². The van der Waals surface area contributed by atoms with Gasteiger partial charge in [0, 0.05) is 37.5 Å². The van der Waals surface area contributed by atoms with Gasteiger partial charge in [-0.15, -0.1) is 6.58 Å². The maximum absolute atomic E-state index is 9.95. The molecule has 1 atom stereocenters. The van der Waals surface area contributed by atoms with Crippen molar-refractivity contribution < 1.29 is 5.11 Å². The molecule has 1 N–H and O–H groups in total. The molecule has 2 rings (SSSR count). The van der Waals surface area contributed by atoms with Crippen molar-refractivity contribution >= 4 is 16.9 Å². The van der Waals surface area contributed by atoms with Crippen LogP contribution in [-0.2, 0) is 0 Å². The molecule has 0 aliphatic carbocycles. The lowest BCUT2D eigenvalue weighted by Gasteiger charge is -2.36. The number of aliphatic hydroxyl groups excluding tert-OH is 1. The second-order valence-electron chi connectivity index (χ2n) is 6.27. The maximum Gasteiger partial charge on any atom is 0.159 e. The summed E-state index contributed by atoms with van der Waals surface area (Å²) in [5, 5.41) is 11.2. The lowest BCUT2D eigenvalue weighted by Crippen LogP contribution is -2.49. The fraction of sp³-hybridized carbons (Fsp3) is 0.800. The fourth-order valence-electron chi connectivity index (χ4n) is 2.56. The minimum atomic E-state index is -0.225. The van der Waals surface area contributed by atoms with Crippen molar-refractivity contribution in [1.29, 1.82) is 0 Å². The molecule has 0 spiro atoms. The Labute approximate surface area is 126 Å². The van der Waals surface area contributed by atoms with E-state index in [0.717, 1.165) is 52.1 Å². The smallest absolute Gasteiger partial charge is 0.159 e. The Morgan fingerprint density at radius 2 is 2.10 bits per heavy atom. The third kappa shape index (κ3) is 4.50. The highest BCUT2D eigenvalue weighted by Crippen LogP contribution is 2.33. The van der Waals surface area contributed by atoms with Crippen LogP contribution in [0.4, 0.5) is 0 Å². The van der Waals surface area contributed by atoms with Crippen molar-refractivity contribution in [2.45, 2.75) is 37.5 Å². The molecule has 1 saturated heterocycles. The molecule has 0 aromatic rings. The molecule has 2 aliphatic heterocycles. The summed E-state index contributed by atoms with van der Waals surface area (Å²) < 4.78 is 0.257. The summed E-state index contributed by atoms with van der Waals surface area (Å²) in [5.41, 5.74) is 0. The molecular weight excluding hydrogens is 270 g/mol. The lowest BCUT2D eigenvalue weighted by atomic mass is 10.2. The van der Waals surface area contributed by atoms with Crippen LogP contribution in [0.5, 0.6) is 0 Å². The van der Waals surface area contributed by atoms with Gasteiger partial charge in [0.1, 0.15) is 0 Å². The van der Waals surface area contributed by atoms with Crippen molar-refractivity contribution in [2.24, 2.45) is 4.99 Å². The molecular formula is C15H27N3OS. The number of amidine groups is 1. The summed E-state index contributed by atoms with van der Waals surface area (Å²) in [7, 11) is 0. The molecule has 0 amide bonds. The van der Waals surface area contributed by atoms with Gasteiger partial charge in [-0.3, -0.25) is 9.89 Å². The summed E-state index contributed by atoms with van der Waals surface area (Å²) in [6, 6.07) is 0. The molecule has 1 unspecified atom stereocenters. The van der Waals surface area contributed by atoms with E-state index in [0.29, 0.717) is 0 Å². The largest absolute Gasteiger partial charge is 0.392 e. The van der Waals surface area contributed by atoms with Gasteiger partial charge in [0.2, 0.25) is 0 Å². The Morgan fingerprint density at radius 3 is 2.65 bits per heavy atom. The summed E-state index contributed by atoms with van der Waals surface area (Å²) in [5.74, 6) is 0. The van der Waals surface area contributed by atoms with Crippen LogP contribution in [0.25, 0.3) is 0 Å². The molecule has 114 valence electrons. The average molecular weight is 297 g/mol. The van der Waals surface area contributed by atoms with E-state index < -0.39 is 0 Å². The van der Waals surface area contributed by atoms with Gasteiger partial charge < -0.3 is 10.0 Å². The van der Waals surface area contributed by atoms with Crippen LogP contribution in [0.2, 0.25) is 0 Å². The highest BCUT2D eigenvalue weighted by molar-refractivity contribution is 8.15. The monoisotopic (exact) mass is 297 g/mol. The van der Waals surface area contributed by atoms with Crippen LogP contribution in [0.15, 0.2) is 17.6 Å². The number of hydrogen-bond donors (Lipinski definition) is 1. The van der Waals surface area contributed by atoms with Gasteiger partial charge in [0.15, 0.2) is 5.17 Å². The van der Waals surface area contributed by atoms with Gasteiger partial charge in [-0.2, -0.15) is 0 Å². The number of thioether (sulfide) groups is 1. The Balaban J connectivity index is 1.71. The molecule has 0 saturated carbocycles. The van der Waals surface area contributed by atoms with Crippen molar-refractivity contribution in [3.05, 3.63) is 12.7 Å². The Bertz CT molecular complexity index is 362. The van der Waals surface area contributed by atoms with Crippen LogP contribution >= 0.6 is 11.8 Å². The number of allylic oxidation sites excluding steroid dienone is 1. The van der Waals surface area contributed by atoms with E-state index >= 15 is 0 Å². The number of aliphatic imine (C=N–C) groups is 1. The minimum Gasteiger partial charge on any atom is -0.392 e. The number of rotatable bonds is 5. The first-order chi connectivity index (χ1) is 9.50. The maximum atomic E-state index is 9.95. The highest BCUT2D eigenvalue weighted by Gasteiger charge is 2.31. The van der Waals surface area contributed by atoms with Gasteiger partial charge >= 0.3 is 0 Å². The zero-order valence-electron chi connectivity index (χ0n) is 12.7. The van der Waals surface area contributed by atoms with Crippen molar-refractivity contribution in [2.75, 3.05) is 39.3 Å². The molecule has 2 heterocycles. The van der Waals surface area contributed by atoms with Crippen LogP contribution in [0, 0.1) is 0 Å². The van der Waals surface area contributed by atoms with E-state index in [-0.39, 0.29) is 10.9 Å².